The van der Waals surface area contributed by atoms with Crippen LogP contribution in [0.15, 0.2) is 41.5 Å². The molecule has 0 aliphatic carbocycles. The van der Waals surface area contributed by atoms with E-state index in [1.807, 2.05) is 22.6 Å². The van der Waals surface area contributed by atoms with Crippen molar-refractivity contribution < 1.29 is 24.2 Å². The van der Waals surface area contributed by atoms with Gasteiger partial charge in [0.15, 0.2) is 11.5 Å². The zero-order chi connectivity index (χ0) is 19.8. The maximum atomic E-state index is 11.9. The van der Waals surface area contributed by atoms with E-state index in [4.69, 9.17) is 9.47 Å². The van der Waals surface area contributed by atoms with Crippen molar-refractivity contribution in [1.29, 1.82) is 0 Å². The molecule has 2 aromatic rings. The van der Waals surface area contributed by atoms with Gasteiger partial charge in [0.05, 0.1) is 24.0 Å². The predicted molar refractivity (Wildman–Crippen MR) is 109 cm³/mol. The van der Waals surface area contributed by atoms with E-state index in [0.29, 0.717) is 26.3 Å². The van der Waals surface area contributed by atoms with E-state index >= 15 is 0 Å². The number of nitrogens with one attached hydrogen (secondary N) is 2. The van der Waals surface area contributed by atoms with Crippen LogP contribution in [0.2, 0.25) is 0 Å². The van der Waals surface area contributed by atoms with Gasteiger partial charge in [-0.1, -0.05) is 0 Å². The van der Waals surface area contributed by atoms with E-state index in [-0.39, 0.29) is 12.2 Å². The summed E-state index contributed by atoms with van der Waals surface area (Å²) in [5.74, 6) is -0.0185. The lowest BCUT2D eigenvalue weighted by Crippen LogP contribution is -2.24. The summed E-state index contributed by atoms with van der Waals surface area (Å²) in [4.78, 5) is 23.7. The number of hydrogen-bond acceptors (Lipinski definition) is 6. The first-order valence-corrected chi connectivity index (χ1v) is 8.83. The zero-order valence-electron chi connectivity index (χ0n) is 14.7. The second-order valence-electron chi connectivity index (χ2n) is 5.30. The molecule has 3 N–H and O–H groups in total. The first-order chi connectivity index (χ1) is 12.9. The Labute approximate surface area is 169 Å². The molecule has 0 fully saturated rings. The fourth-order valence-electron chi connectivity index (χ4n) is 2.07. The molecule has 142 valence electrons. The largest absolute Gasteiger partial charge is 0.504 e. The SMILES string of the molecule is COc1ccc(NC(=O)CC(=O)NN=Cc2cc(I)c(O)c(OC)c2)cc1. The minimum absolute atomic E-state index is 0.0366. The molecule has 8 nitrogen and oxygen atoms in total. The molecule has 2 rings (SSSR count). The molecule has 27 heavy (non-hydrogen) atoms. The first kappa shape index (κ1) is 20.5. The number of aromatic hydroxyl groups is 1. The Hall–Kier alpha value is -2.82. The van der Waals surface area contributed by atoms with Crippen LogP contribution >= 0.6 is 22.6 Å². The summed E-state index contributed by atoms with van der Waals surface area (Å²) in [6, 6.07) is 9.99. The number of phenolic OH excluding ortho intramolecular Hbond substituents is 1. The molecule has 0 unspecified atom stereocenters. The van der Waals surface area contributed by atoms with Crippen LogP contribution in [0.4, 0.5) is 5.69 Å². The van der Waals surface area contributed by atoms with Gasteiger partial charge < -0.3 is 19.9 Å². The number of phenols is 1. The summed E-state index contributed by atoms with van der Waals surface area (Å²) in [5.41, 5.74) is 3.46. The van der Waals surface area contributed by atoms with E-state index < -0.39 is 11.8 Å². The third kappa shape index (κ3) is 6.13. The number of nitrogens with zero attached hydrogens (tertiary/aromatic N) is 1. The van der Waals surface area contributed by atoms with Gasteiger partial charge in [-0.3, -0.25) is 9.59 Å². The number of anilines is 1. The smallest absolute Gasteiger partial charge is 0.249 e. The first-order valence-electron chi connectivity index (χ1n) is 7.75. The highest BCUT2D eigenvalue weighted by Gasteiger charge is 2.10. The number of amides is 2. The lowest BCUT2D eigenvalue weighted by Gasteiger charge is -2.06. The number of halogens is 1. The quantitative estimate of drug-likeness (QED) is 0.243. The summed E-state index contributed by atoms with van der Waals surface area (Å²) < 4.78 is 10.7. The van der Waals surface area contributed by atoms with E-state index in [0.717, 1.165) is 0 Å². The summed E-state index contributed by atoms with van der Waals surface area (Å²) in [5, 5.41) is 16.2. The van der Waals surface area contributed by atoms with Crippen molar-refractivity contribution in [2.45, 2.75) is 6.42 Å². The molecular formula is C18H18IN3O5. The molecular weight excluding hydrogens is 465 g/mol. The van der Waals surface area contributed by atoms with Gasteiger partial charge in [0, 0.05) is 5.69 Å². The monoisotopic (exact) mass is 483 g/mol. The van der Waals surface area contributed by atoms with Crippen LogP contribution < -0.4 is 20.2 Å². The highest BCUT2D eigenvalue weighted by atomic mass is 127. The fourth-order valence-corrected chi connectivity index (χ4v) is 2.69. The van der Waals surface area contributed by atoms with Crippen molar-refractivity contribution in [2.24, 2.45) is 5.10 Å². The Kier molecular flexibility index (Phi) is 7.41. The summed E-state index contributed by atoms with van der Waals surface area (Å²) in [6.45, 7) is 0. The lowest BCUT2D eigenvalue weighted by molar-refractivity contribution is -0.126. The molecule has 0 saturated carbocycles. The number of ether oxygens (including phenoxy) is 2. The Morgan fingerprint density at radius 3 is 2.48 bits per heavy atom. The van der Waals surface area contributed by atoms with Crippen LogP contribution in [0.5, 0.6) is 17.2 Å². The van der Waals surface area contributed by atoms with E-state index in [9.17, 15) is 14.7 Å². The molecule has 0 spiro atoms. The van der Waals surface area contributed by atoms with Crippen molar-refractivity contribution in [1.82, 2.24) is 5.43 Å². The molecule has 9 heteroatoms. The Bertz CT molecular complexity index is 853. The molecule has 0 atom stereocenters. The van der Waals surface area contributed by atoms with Crippen LogP contribution in [0.3, 0.4) is 0 Å². The van der Waals surface area contributed by atoms with Gasteiger partial charge in [0.25, 0.3) is 0 Å². The van der Waals surface area contributed by atoms with Gasteiger partial charge in [0.2, 0.25) is 11.8 Å². The average Bonchev–Trinajstić information content (AvgIpc) is 2.64. The van der Waals surface area contributed by atoms with Crippen LogP contribution in [0, 0.1) is 3.57 Å². The molecule has 0 aliphatic heterocycles. The zero-order valence-corrected chi connectivity index (χ0v) is 16.8. The summed E-state index contributed by atoms with van der Waals surface area (Å²) in [7, 11) is 2.99. The van der Waals surface area contributed by atoms with Gasteiger partial charge in [-0.05, 0) is 64.6 Å². The molecule has 0 saturated heterocycles. The highest BCUT2D eigenvalue weighted by Crippen LogP contribution is 2.31. The molecule has 0 bridgehead atoms. The standard InChI is InChI=1S/C18H18IN3O5/c1-26-13-5-3-12(4-6-13)21-16(23)9-17(24)22-20-10-11-7-14(19)18(25)15(8-11)27-2/h3-8,10,25H,9H2,1-2H3,(H,21,23)(H,22,24). The fraction of sp³-hybridized carbons (Fsp3) is 0.167. The maximum Gasteiger partial charge on any atom is 0.249 e. The second-order valence-corrected chi connectivity index (χ2v) is 6.46. The molecule has 0 radical (unpaired) electrons. The van der Waals surface area contributed by atoms with Gasteiger partial charge in [-0.15, -0.1) is 0 Å². The van der Waals surface area contributed by atoms with Crippen LogP contribution in [-0.2, 0) is 9.59 Å². The molecule has 2 amide bonds. The number of hydrazone groups is 1. The molecule has 0 aliphatic rings. The second kappa shape index (κ2) is 9.76. The van der Waals surface area contributed by atoms with E-state index in [2.05, 4.69) is 15.8 Å². The van der Waals surface area contributed by atoms with Gasteiger partial charge >= 0.3 is 0 Å². The number of benzene rings is 2. The van der Waals surface area contributed by atoms with E-state index in [1.54, 1.807) is 43.5 Å². The predicted octanol–water partition coefficient (Wildman–Crippen LogP) is 2.49. The molecule has 0 aromatic heterocycles. The normalized spacial score (nSPS) is 10.5. The van der Waals surface area contributed by atoms with Gasteiger partial charge in [-0.2, -0.15) is 5.10 Å². The van der Waals surface area contributed by atoms with Crippen LogP contribution in [-0.4, -0.2) is 37.4 Å². The van der Waals surface area contributed by atoms with Crippen LogP contribution in [0.1, 0.15) is 12.0 Å². The maximum absolute atomic E-state index is 11.9. The Morgan fingerprint density at radius 2 is 1.85 bits per heavy atom. The minimum Gasteiger partial charge on any atom is -0.504 e. The highest BCUT2D eigenvalue weighted by molar-refractivity contribution is 14.1. The average molecular weight is 483 g/mol. The number of hydrogen-bond donors (Lipinski definition) is 3. The summed E-state index contributed by atoms with van der Waals surface area (Å²) in [6.07, 6.45) is 1.02. The van der Waals surface area contributed by atoms with E-state index in [1.165, 1.54) is 13.3 Å². The number of methoxy groups -OCH3 is 2. The van der Waals surface area contributed by atoms with Crippen molar-refractivity contribution in [3.8, 4) is 17.2 Å². The van der Waals surface area contributed by atoms with Gasteiger partial charge in [0.1, 0.15) is 12.2 Å². The molecule has 2 aromatic carbocycles. The number of carbonyl (C=O) groups excluding carboxylic acids is 2. The van der Waals surface area contributed by atoms with Crippen molar-refractivity contribution in [3.05, 3.63) is 45.5 Å². The number of carbonyl (C=O) groups is 2. The Morgan fingerprint density at radius 1 is 1.15 bits per heavy atom. The van der Waals surface area contributed by atoms with Gasteiger partial charge in [-0.25, -0.2) is 5.43 Å². The van der Waals surface area contributed by atoms with Crippen molar-refractivity contribution in [3.63, 3.8) is 0 Å². The minimum atomic E-state index is -0.558. The Balaban J connectivity index is 1.87. The third-order valence-corrected chi connectivity index (χ3v) is 4.19. The van der Waals surface area contributed by atoms with Crippen molar-refractivity contribution in [2.75, 3.05) is 19.5 Å². The lowest BCUT2D eigenvalue weighted by atomic mass is 10.2. The number of rotatable bonds is 7. The van der Waals surface area contributed by atoms with Crippen LogP contribution in [0.25, 0.3) is 0 Å². The topological polar surface area (TPSA) is 109 Å². The summed E-state index contributed by atoms with van der Waals surface area (Å²) >= 11 is 1.96. The van der Waals surface area contributed by atoms with Crippen molar-refractivity contribution >= 4 is 46.3 Å². The molecule has 0 heterocycles. The third-order valence-electron chi connectivity index (χ3n) is 3.37.